The Morgan fingerprint density at radius 3 is 2.38 bits per heavy atom. The van der Waals surface area contributed by atoms with Crippen LogP contribution in [0.25, 0.3) is 0 Å². The number of hydrogen-bond acceptors (Lipinski definition) is 3. The third-order valence-corrected chi connectivity index (χ3v) is 3.09. The molecule has 0 radical (unpaired) electrons. The van der Waals surface area contributed by atoms with Crippen LogP contribution in [0, 0.1) is 0 Å². The molecule has 0 saturated heterocycles. The van der Waals surface area contributed by atoms with Crippen molar-refractivity contribution in [2.75, 3.05) is 13.1 Å². The van der Waals surface area contributed by atoms with Crippen LogP contribution in [-0.4, -0.2) is 24.9 Å². The first-order valence-corrected chi connectivity index (χ1v) is 7.34. The zero-order valence-corrected chi connectivity index (χ0v) is 13.1. The first-order valence-electron chi connectivity index (χ1n) is 7.34. The number of hydrogen-bond donors (Lipinski definition) is 3. The topological polar surface area (TPSA) is 88.1 Å². The van der Waals surface area contributed by atoms with E-state index in [0.29, 0.717) is 37.3 Å². The van der Waals surface area contributed by atoms with Gasteiger partial charge in [-0.1, -0.05) is 26.7 Å². The van der Waals surface area contributed by atoms with Crippen LogP contribution < -0.4 is 20.9 Å². The van der Waals surface area contributed by atoms with E-state index in [1.807, 2.05) is 18.3 Å². The number of fused-ring (bicyclic) bond motifs is 1. The summed E-state index contributed by atoms with van der Waals surface area (Å²) >= 11 is 0. The molecule has 2 rings (SSSR count). The molecule has 1 aromatic heterocycles. The van der Waals surface area contributed by atoms with Crippen molar-refractivity contribution >= 4 is 11.8 Å². The molecule has 2 heterocycles. The molecule has 1 aliphatic heterocycles. The molecular formula is C18H27N4O2+. The maximum atomic E-state index is 12.1. The molecule has 1 aromatic rings. The Kier molecular flexibility index (Phi) is 10.2. The Balaban J connectivity index is 0.00000123. The highest BCUT2D eigenvalue weighted by Crippen LogP contribution is 1.99. The van der Waals surface area contributed by atoms with Crippen molar-refractivity contribution in [3.05, 3.63) is 67.2 Å². The third-order valence-electron chi connectivity index (χ3n) is 3.09. The van der Waals surface area contributed by atoms with E-state index in [0.717, 1.165) is 0 Å². The van der Waals surface area contributed by atoms with Crippen LogP contribution in [0.1, 0.15) is 24.3 Å². The number of allylic oxidation sites excluding steroid dienone is 1. The number of rotatable bonds is 1. The minimum Gasteiger partial charge on any atom is -0.405 e. The third kappa shape index (κ3) is 6.48. The standard InChI is InChI=1S/C15H17N3O2.C2H5N.CH4/c1-2-12-7-11-18-10-4-3-6-13(18)15(20)17-9-5-8-16-14(12)19;1-2-3;/h2-4,6-7,10H,1,5,8-9,11H2,(H-,16,17,19,20);2H,1,3H2;1H4/p+1/b12-7-;;. The molecule has 24 heavy (non-hydrogen) atoms. The Morgan fingerprint density at radius 1 is 1.12 bits per heavy atom. The minimum atomic E-state index is -0.134. The van der Waals surface area contributed by atoms with Crippen LogP contribution >= 0.6 is 0 Å². The van der Waals surface area contributed by atoms with Crippen LogP contribution in [0.3, 0.4) is 0 Å². The Morgan fingerprint density at radius 2 is 1.75 bits per heavy atom. The summed E-state index contributed by atoms with van der Waals surface area (Å²) in [4.78, 5) is 24.0. The van der Waals surface area contributed by atoms with Crippen molar-refractivity contribution in [3.8, 4) is 0 Å². The highest BCUT2D eigenvalue weighted by molar-refractivity contribution is 5.96. The summed E-state index contributed by atoms with van der Waals surface area (Å²) in [7, 11) is 0. The lowest BCUT2D eigenvalue weighted by Crippen LogP contribution is -2.44. The number of carbonyl (C=O) groups excluding carboxylic acids is 2. The maximum Gasteiger partial charge on any atom is 0.316 e. The van der Waals surface area contributed by atoms with Crippen LogP contribution in [0.2, 0.25) is 0 Å². The summed E-state index contributed by atoms with van der Waals surface area (Å²) in [5, 5.41) is 5.65. The number of amides is 2. The van der Waals surface area contributed by atoms with Gasteiger partial charge in [-0.15, -0.1) is 0 Å². The van der Waals surface area contributed by atoms with Gasteiger partial charge in [-0.05, 0) is 24.8 Å². The normalized spacial score (nSPS) is 16.6. The van der Waals surface area contributed by atoms with E-state index in [2.05, 4.69) is 29.5 Å². The van der Waals surface area contributed by atoms with Crippen molar-refractivity contribution in [1.29, 1.82) is 0 Å². The largest absolute Gasteiger partial charge is 0.405 e. The van der Waals surface area contributed by atoms with Gasteiger partial charge in [-0.2, -0.15) is 4.57 Å². The van der Waals surface area contributed by atoms with Crippen LogP contribution in [0.15, 0.2) is 61.5 Å². The molecule has 0 atom stereocenters. The van der Waals surface area contributed by atoms with Gasteiger partial charge in [-0.25, -0.2) is 0 Å². The molecule has 0 aliphatic carbocycles. The number of pyridine rings is 1. The molecule has 0 aromatic carbocycles. The lowest BCUT2D eigenvalue weighted by molar-refractivity contribution is -0.689. The summed E-state index contributed by atoms with van der Waals surface area (Å²) in [6, 6.07) is 5.44. The highest BCUT2D eigenvalue weighted by atomic mass is 16.2. The highest BCUT2D eigenvalue weighted by Gasteiger charge is 2.18. The average molecular weight is 331 g/mol. The van der Waals surface area contributed by atoms with Gasteiger partial charge in [0, 0.05) is 30.8 Å². The molecule has 6 nitrogen and oxygen atoms in total. The summed E-state index contributed by atoms with van der Waals surface area (Å²) in [5.74, 6) is -0.240. The van der Waals surface area contributed by atoms with Crippen LogP contribution in [-0.2, 0) is 11.3 Å². The maximum absolute atomic E-state index is 12.1. The van der Waals surface area contributed by atoms with Gasteiger partial charge in [0.15, 0.2) is 12.7 Å². The second-order valence-electron chi connectivity index (χ2n) is 4.70. The molecule has 6 heteroatoms. The fourth-order valence-electron chi connectivity index (χ4n) is 1.99. The Hall–Kier alpha value is -2.89. The zero-order chi connectivity index (χ0) is 17.1. The van der Waals surface area contributed by atoms with Gasteiger partial charge in [0.1, 0.15) is 0 Å². The van der Waals surface area contributed by atoms with Crippen LogP contribution in [0.4, 0.5) is 0 Å². The Labute approximate surface area is 143 Å². The SMILES string of the molecule is C.C=C/C1=C/C[n+]2ccccc2C(=O)NCCCNC1=O.C=CN. The fraction of sp³-hybridized carbons (Fsp3) is 0.278. The van der Waals surface area contributed by atoms with Gasteiger partial charge >= 0.3 is 5.91 Å². The number of aromatic nitrogens is 1. The van der Waals surface area contributed by atoms with E-state index in [1.165, 1.54) is 12.3 Å². The first-order chi connectivity index (χ1) is 11.1. The molecule has 0 fully saturated rings. The molecule has 0 unspecified atom stereocenters. The van der Waals surface area contributed by atoms with Gasteiger partial charge in [0.25, 0.3) is 11.6 Å². The van der Waals surface area contributed by atoms with E-state index in [4.69, 9.17) is 0 Å². The van der Waals surface area contributed by atoms with Gasteiger partial charge in [-0.3, -0.25) is 9.59 Å². The smallest absolute Gasteiger partial charge is 0.316 e. The van der Waals surface area contributed by atoms with Gasteiger partial charge < -0.3 is 16.4 Å². The van der Waals surface area contributed by atoms with E-state index >= 15 is 0 Å². The van der Waals surface area contributed by atoms with Crippen molar-refractivity contribution in [2.45, 2.75) is 20.4 Å². The Bertz CT molecular complexity index is 609. The quantitative estimate of drug-likeness (QED) is 0.672. The number of nitrogens with two attached hydrogens (primary N) is 1. The molecule has 4 N–H and O–H groups in total. The number of carbonyl (C=O) groups is 2. The van der Waals surface area contributed by atoms with Gasteiger partial charge in [0.2, 0.25) is 0 Å². The number of nitrogens with zero attached hydrogens (tertiary/aromatic N) is 1. The summed E-state index contributed by atoms with van der Waals surface area (Å²) in [6.45, 7) is 8.29. The molecule has 130 valence electrons. The lowest BCUT2D eigenvalue weighted by Gasteiger charge is -2.09. The molecule has 2 amide bonds. The van der Waals surface area contributed by atoms with Crippen molar-refractivity contribution in [1.82, 2.24) is 10.6 Å². The number of nitrogens with one attached hydrogen (secondary N) is 2. The first kappa shape index (κ1) is 21.1. The van der Waals surface area contributed by atoms with E-state index in [-0.39, 0.29) is 19.2 Å². The summed E-state index contributed by atoms with van der Waals surface area (Å²) in [5.41, 5.74) is 5.71. The zero-order valence-electron chi connectivity index (χ0n) is 13.1. The molecule has 1 aliphatic rings. The van der Waals surface area contributed by atoms with Crippen molar-refractivity contribution < 1.29 is 14.2 Å². The molecule has 0 saturated carbocycles. The minimum absolute atomic E-state index is 0. The molecule has 0 bridgehead atoms. The van der Waals surface area contributed by atoms with E-state index in [9.17, 15) is 9.59 Å². The lowest BCUT2D eigenvalue weighted by atomic mass is 10.2. The summed E-state index contributed by atoms with van der Waals surface area (Å²) < 4.78 is 1.80. The second kappa shape index (κ2) is 11.6. The van der Waals surface area contributed by atoms with E-state index in [1.54, 1.807) is 16.7 Å². The van der Waals surface area contributed by atoms with Crippen molar-refractivity contribution in [3.63, 3.8) is 0 Å². The summed E-state index contributed by atoms with van der Waals surface area (Å²) in [6.07, 6.45) is 7.05. The molecule has 0 spiro atoms. The predicted molar refractivity (Wildman–Crippen MR) is 96.0 cm³/mol. The second-order valence-corrected chi connectivity index (χ2v) is 4.70. The monoisotopic (exact) mass is 331 g/mol. The van der Waals surface area contributed by atoms with Gasteiger partial charge in [0.05, 0.1) is 0 Å². The fourth-order valence-corrected chi connectivity index (χ4v) is 1.99. The van der Waals surface area contributed by atoms with E-state index < -0.39 is 0 Å². The van der Waals surface area contributed by atoms with Crippen molar-refractivity contribution in [2.24, 2.45) is 5.73 Å². The predicted octanol–water partition coefficient (Wildman–Crippen LogP) is 1.06. The average Bonchev–Trinajstić information content (AvgIpc) is 2.55. The van der Waals surface area contributed by atoms with Crippen LogP contribution in [0.5, 0.6) is 0 Å². The molecular weight excluding hydrogens is 304 g/mol.